The minimum absolute atomic E-state index is 0.0600. The van der Waals surface area contributed by atoms with E-state index in [9.17, 15) is 22.8 Å². The maximum Gasteiger partial charge on any atom is 0.435 e. The molecule has 1 aliphatic rings. The van der Waals surface area contributed by atoms with E-state index in [4.69, 9.17) is 14.9 Å². The van der Waals surface area contributed by atoms with Crippen LogP contribution in [0.2, 0.25) is 0 Å². The molecule has 30 heavy (non-hydrogen) atoms. The van der Waals surface area contributed by atoms with Crippen LogP contribution in [0.3, 0.4) is 0 Å². The molecule has 1 saturated heterocycles. The normalized spacial score (nSPS) is 15.6. The van der Waals surface area contributed by atoms with E-state index in [1.54, 1.807) is 4.90 Å². The Labute approximate surface area is 176 Å². The number of nitrogens with zero attached hydrogens (tertiary/aromatic N) is 3. The van der Waals surface area contributed by atoms with Gasteiger partial charge in [-0.05, 0) is 25.8 Å². The summed E-state index contributed by atoms with van der Waals surface area (Å²) in [5.74, 6) is -0.593. The van der Waals surface area contributed by atoms with Crippen molar-refractivity contribution in [2.24, 2.45) is 5.92 Å². The topological polar surface area (TPSA) is 97.5 Å². The zero-order chi connectivity index (χ0) is 22.5. The molecule has 0 bridgehead atoms. The Hall–Kier alpha value is -1.92. The SMILES string of the molecule is COC(OC)C(=O)CSC(=N)C1CCN(C(=O)Cn2nc(C(F)(F)F)cc2C)CC1. The number of carbonyl (C=O) groups is 2. The molecule has 0 unspecified atom stereocenters. The van der Waals surface area contributed by atoms with E-state index in [2.05, 4.69) is 5.10 Å². The lowest BCUT2D eigenvalue weighted by atomic mass is 9.98. The molecule has 0 aromatic carbocycles. The van der Waals surface area contributed by atoms with E-state index in [0.29, 0.717) is 31.0 Å². The number of piperidine rings is 1. The van der Waals surface area contributed by atoms with Crippen LogP contribution in [0.4, 0.5) is 13.2 Å². The van der Waals surface area contributed by atoms with Gasteiger partial charge in [-0.2, -0.15) is 18.3 Å². The largest absolute Gasteiger partial charge is 0.435 e. The molecule has 1 fully saturated rings. The first-order valence-electron chi connectivity index (χ1n) is 9.25. The lowest BCUT2D eigenvalue weighted by Gasteiger charge is -2.32. The second-order valence-electron chi connectivity index (χ2n) is 6.90. The predicted octanol–water partition coefficient (Wildman–Crippen LogP) is 2.35. The number of alkyl halides is 3. The van der Waals surface area contributed by atoms with Gasteiger partial charge in [-0.1, -0.05) is 0 Å². The van der Waals surface area contributed by atoms with Crippen LogP contribution in [0, 0.1) is 18.3 Å². The van der Waals surface area contributed by atoms with E-state index in [0.717, 1.165) is 22.5 Å². The second kappa shape index (κ2) is 10.4. The zero-order valence-corrected chi connectivity index (χ0v) is 17.8. The van der Waals surface area contributed by atoms with Crippen molar-refractivity contribution in [2.45, 2.75) is 38.8 Å². The summed E-state index contributed by atoms with van der Waals surface area (Å²) in [5.41, 5.74) is -0.755. The van der Waals surface area contributed by atoms with Crippen molar-refractivity contribution in [3.05, 3.63) is 17.5 Å². The number of nitrogens with one attached hydrogen (secondary N) is 1. The zero-order valence-electron chi connectivity index (χ0n) is 17.0. The molecule has 0 radical (unpaired) electrons. The quantitative estimate of drug-likeness (QED) is 0.371. The third kappa shape index (κ3) is 6.29. The van der Waals surface area contributed by atoms with Crippen molar-refractivity contribution in [1.82, 2.24) is 14.7 Å². The maximum atomic E-state index is 12.8. The van der Waals surface area contributed by atoms with E-state index in [1.807, 2.05) is 0 Å². The summed E-state index contributed by atoms with van der Waals surface area (Å²) in [6, 6.07) is 0.914. The van der Waals surface area contributed by atoms with Gasteiger partial charge in [0.2, 0.25) is 12.2 Å². The molecular formula is C18H25F3N4O4S. The van der Waals surface area contributed by atoms with Crippen LogP contribution < -0.4 is 0 Å². The van der Waals surface area contributed by atoms with Gasteiger partial charge in [0.25, 0.3) is 0 Å². The standard InChI is InChI=1S/C18H25F3N4O4S/c1-11-8-14(18(19,20)21)23-25(11)9-15(27)24-6-4-12(5-7-24)16(22)30-10-13(26)17(28-2)29-3/h8,12,17,22H,4-7,9-10H2,1-3H3. The number of hydrogen-bond donors (Lipinski definition) is 1. The Bertz CT molecular complexity index is 772. The number of methoxy groups -OCH3 is 2. The lowest BCUT2D eigenvalue weighted by molar-refractivity contribution is -0.153. The minimum Gasteiger partial charge on any atom is -0.349 e. The van der Waals surface area contributed by atoms with Crippen molar-refractivity contribution in [3.63, 3.8) is 0 Å². The van der Waals surface area contributed by atoms with Crippen molar-refractivity contribution < 1.29 is 32.2 Å². The molecule has 1 amide bonds. The van der Waals surface area contributed by atoms with Crippen LogP contribution in [0.1, 0.15) is 24.2 Å². The van der Waals surface area contributed by atoms with Gasteiger partial charge < -0.3 is 14.4 Å². The van der Waals surface area contributed by atoms with Gasteiger partial charge in [0, 0.05) is 38.9 Å². The van der Waals surface area contributed by atoms with Crippen molar-refractivity contribution >= 4 is 28.5 Å². The van der Waals surface area contributed by atoms with Crippen molar-refractivity contribution in [3.8, 4) is 0 Å². The summed E-state index contributed by atoms with van der Waals surface area (Å²) in [6.45, 7) is 2.00. The molecule has 2 rings (SSSR count). The molecule has 1 aliphatic heterocycles. The van der Waals surface area contributed by atoms with E-state index in [-0.39, 0.29) is 35.6 Å². The fraction of sp³-hybridized carbons (Fsp3) is 0.667. The van der Waals surface area contributed by atoms with E-state index in [1.165, 1.54) is 21.1 Å². The molecule has 1 aromatic heterocycles. The van der Waals surface area contributed by atoms with E-state index >= 15 is 0 Å². The smallest absolute Gasteiger partial charge is 0.349 e. The van der Waals surface area contributed by atoms with Crippen LogP contribution in [-0.4, -0.2) is 70.8 Å². The summed E-state index contributed by atoms with van der Waals surface area (Å²) in [6.07, 6.45) is -4.40. The van der Waals surface area contributed by atoms with Crippen LogP contribution >= 0.6 is 11.8 Å². The molecule has 0 spiro atoms. The maximum absolute atomic E-state index is 12.8. The van der Waals surface area contributed by atoms with Gasteiger partial charge in [-0.3, -0.25) is 19.7 Å². The monoisotopic (exact) mass is 450 g/mol. The molecular weight excluding hydrogens is 425 g/mol. The number of halogens is 3. The number of rotatable bonds is 8. The summed E-state index contributed by atoms with van der Waals surface area (Å²) in [7, 11) is 2.73. The fourth-order valence-electron chi connectivity index (χ4n) is 3.12. The number of likely N-dealkylation sites (tertiary alicyclic amines) is 1. The number of ether oxygens (including phenoxy) is 2. The van der Waals surface area contributed by atoms with Crippen molar-refractivity contribution in [1.29, 1.82) is 5.41 Å². The average molecular weight is 450 g/mol. The molecule has 0 atom stereocenters. The highest BCUT2D eigenvalue weighted by Gasteiger charge is 2.35. The molecule has 0 saturated carbocycles. The number of carbonyl (C=O) groups excluding carboxylic acids is 2. The Balaban J connectivity index is 1.82. The molecule has 168 valence electrons. The van der Waals surface area contributed by atoms with E-state index < -0.39 is 18.2 Å². The number of aryl methyl sites for hydroxylation is 1. The van der Waals surface area contributed by atoms with Gasteiger partial charge in [0.1, 0.15) is 6.54 Å². The van der Waals surface area contributed by atoms with Gasteiger partial charge in [-0.25, -0.2) is 0 Å². The minimum atomic E-state index is -4.55. The number of Topliss-reactive ketones (excluding diaryl/α,β-unsaturated/α-hetero) is 1. The van der Waals surface area contributed by atoms with Crippen molar-refractivity contribution in [2.75, 3.05) is 33.1 Å². The summed E-state index contributed by atoms with van der Waals surface area (Å²) in [4.78, 5) is 25.9. The number of aromatic nitrogens is 2. The Morgan fingerprint density at radius 2 is 1.90 bits per heavy atom. The first-order chi connectivity index (χ1) is 14.1. The van der Waals surface area contributed by atoms with Gasteiger partial charge >= 0.3 is 6.18 Å². The summed E-state index contributed by atoms with van der Waals surface area (Å²) >= 11 is 1.12. The van der Waals surface area contributed by atoms with Gasteiger partial charge in [0.05, 0.1) is 10.8 Å². The first-order valence-corrected chi connectivity index (χ1v) is 10.2. The van der Waals surface area contributed by atoms with Crippen LogP contribution in [-0.2, 0) is 31.8 Å². The number of thioether (sulfide) groups is 1. The molecule has 8 nitrogen and oxygen atoms in total. The summed E-state index contributed by atoms with van der Waals surface area (Å²) in [5, 5.41) is 12.0. The fourth-order valence-corrected chi connectivity index (χ4v) is 4.03. The molecule has 2 heterocycles. The average Bonchev–Trinajstić information content (AvgIpc) is 3.08. The first kappa shape index (κ1) is 24.4. The highest BCUT2D eigenvalue weighted by molar-refractivity contribution is 8.14. The van der Waals surface area contributed by atoms with Crippen LogP contribution in [0.5, 0.6) is 0 Å². The Morgan fingerprint density at radius 1 is 1.30 bits per heavy atom. The summed E-state index contributed by atoms with van der Waals surface area (Å²) < 4.78 is 49.1. The lowest BCUT2D eigenvalue weighted by Crippen LogP contribution is -2.41. The molecule has 1 aromatic rings. The van der Waals surface area contributed by atoms with Crippen LogP contribution in [0.15, 0.2) is 6.07 Å². The predicted molar refractivity (Wildman–Crippen MR) is 104 cm³/mol. The van der Waals surface area contributed by atoms with Gasteiger partial charge in [0.15, 0.2) is 11.5 Å². The molecule has 12 heteroatoms. The number of ketones is 1. The van der Waals surface area contributed by atoms with Gasteiger partial charge in [-0.15, -0.1) is 11.8 Å². The third-order valence-corrected chi connectivity index (χ3v) is 5.91. The third-order valence-electron chi connectivity index (χ3n) is 4.84. The number of hydrogen-bond acceptors (Lipinski definition) is 7. The Morgan fingerprint density at radius 3 is 2.40 bits per heavy atom. The highest BCUT2D eigenvalue weighted by atomic mass is 32.2. The van der Waals surface area contributed by atoms with Crippen LogP contribution in [0.25, 0.3) is 0 Å². The molecule has 1 N–H and O–H groups in total. The number of amides is 1. The second-order valence-corrected chi connectivity index (χ2v) is 7.92. The molecule has 0 aliphatic carbocycles. The Kier molecular flexibility index (Phi) is 8.44. The highest BCUT2D eigenvalue weighted by Crippen LogP contribution is 2.28.